The van der Waals surface area contributed by atoms with Crippen LogP contribution in [0.25, 0.3) is 0 Å². The van der Waals surface area contributed by atoms with Gasteiger partial charge >= 0.3 is 0 Å². The van der Waals surface area contributed by atoms with Crippen LogP contribution in [0.15, 0.2) is 18.2 Å². The molecule has 0 amide bonds. The smallest absolute Gasteiger partial charge is 0.0589 e. The Kier molecular flexibility index (Phi) is 5.86. The summed E-state index contributed by atoms with van der Waals surface area (Å²) in [6.07, 6.45) is 3.56. The fourth-order valence-corrected chi connectivity index (χ4v) is 3.10. The van der Waals surface area contributed by atoms with Crippen LogP contribution in [0.2, 0.25) is 0 Å². The second-order valence-corrected chi connectivity index (χ2v) is 5.60. The number of fused-ring (bicyclic) bond motifs is 1. The third kappa shape index (κ3) is 3.74. The Morgan fingerprint density at radius 3 is 2.80 bits per heavy atom. The molecule has 0 radical (unpaired) electrons. The fourth-order valence-electron chi connectivity index (χ4n) is 3.10. The van der Waals surface area contributed by atoms with Crippen molar-refractivity contribution >= 4 is 5.69 Å². The summed E-state index contributed by atoms with van der Waals surface area (Å²) in [7, 11) is 1.78. The van der Waals surface area contributed by atoms with E-state index < -0.39 is 0 Å². The quantitative estimate of drug-likeness (QED) is 0.788. The average molecular weight is 276 g/mol. The zero-order valence-electron chi connectivity index (χ0n) is 13.1. The minimum absolute atomic E-state index is 0.650. The highest BCUT2D eigenvalue weighted by atomic mass is 16.5. The van der Waals surface area contributed by atoms with Crippen LogP contribution in [0.4, 0.5) is 5.69 Å². The van der Waals surface area contributed by atoms with Gasteiger partial charge < -0.3 is 10.1 Å². The Labute approximate surface area is 123 Å². The standard InChI is InChI=1S/C17H28N2O/c1-4-16(5-2)19(10-11-20-3)13-14-6-7-17-15(12-14)8-9-18-17/h6-7,12,16,18H,4-5,8-11,13H2,1-3H3. The second kappa shape index (κ2) is 7.65. The molecule has 3 nitrogen and oxygen atoms in total. The van der Waals surface area contributed by atoms with Crippen molar-refractivity contribution in [2.45, 2.75) is 45.7 Å². The summed E-state index contributed by atoms with van der Waals surface area (Å²) in [5.41, 5.74) is 4.22. The highest BCUT2D eigenvalue weighted by molar-refractivity contribution is 5.56. The van der Waals surface area contributed by atoms with Crippen LogP contribution < -0.4 is 5.32 Å². The number of rotatable bonds is 8. The van der Waals surface area contributed by atoms with Crippen LogP contribution in [0.5, 0.6) is 0 Å². The molecule has 112 valence electrons. The van der Waals surface area contributed by atoms with E-state index in [9.17, 15) is 0 Å². The molecule has 1 aromatic rings. The van der Waals surface area contributed by atoms with Gasteiger partial charge in [0.2, 0.25) is 0 Å². The summed E-state index contributed by atoms with van der Waals surface area (Å²) >= 11 is 0. The van der Waals surface area contributed by atoms with Gasteiger partial charge in [-0.15, -0.1) is 0 Å². The molecule has 0 aromatic heterocycles. The van der Waals surface area contributed by atoms with Crippen molar-refractivity contribution in [3.05, 3.63) is 29.3 Å². The van der Waals surface area contributed by atoms with Gasteiger partial charge in [0.15, 0.2) is 0 Å². The SMILES string of the molecule is CCC(CC)N(CCOC)Cc1ccc2c(c1)CCN2. The van der Waals surface area contributed by atoms with Crippen molar-refractivity contribution in [2.24, 2.45) is 0 Å². The van der Waals surface area contributed by atoms with Gasteiger partial charge in [-0.3, -0.25) is 4.90 Å². The molecule has 0 spiro atoms. The number of benzene rings is 1. The fraction of sp³-hybridized carbons (Fsp3) is 0.647. The number of hydrogen-bond acceptors (Lipinski definition) is 3. The number of nitrogens with zero attached hydrogens (tertiary/aromatic N) is 1. The molecule has 1 aliphatic heterocycles. The van der Waals surface area contributed by atoms with E-state index in [1.807, 2.05) is 0 Å². The van der Waals surface area contributed by atoms with Crippen molar-refractivity contribution < 1.29 is 4.74 Å². The molecule has 0 bridgehead atoms. The summed E-state index contributed by atoms with van der Waals surface area (Å²) in [6.45, 7) is 8.49. The van der Waals surface area contributed by atoms with Crippen molar-refractivity contribution in [3.63, 3.8) is 0 Å². The van der Waals surface area contributed by atoms with Crippen molar-refractivity contribution in [1.29, 1.82) is 0 Å². The molecule has 1 heterocycles. The molecule has 0 unspecified atom stereocenters. The minimum Gasteiger partial charge on any atom is -0.384 e. The molecule has 1 aromatic carbocycles. The highest BCUT2D eigenvalue weighted by Gasteiger charge is 2.16. The van der Waals surface area contributed by atoms with Crippen LogP contribution in [-0.4, -0.2) is 37.7 Å². The highest BCUT2D eigenvalue weighted by Crippen LogP contribution is 2.24. The predicted octanol–water partition coefficient (Wildman–Crippen LogP) is 3.29. The molecule has 0 saturated heterocycles. The Hall–Kier alpha value is -1.06. The summed E-state index contributed by atoms with van der Waals surface area (Å²) in [5, 5.41) is 3.43. The number of anilines is 1. The van der Waals surface area contributed by atoms with Crippen molar-refractivity contribution in [1.82, 2.24) is 4.90 Å². The number of hydrogen-bond donors (Lipinski definition) is 1. The average Bonchev–Trinajstić information content (AvgIpc) is 2.93. The number of methoxy groups -OCH3 is 1. The van der Waals surface area contributed by atoms with Gasteiger partial charge in [-0.2, -0.15) is 0 Å². The maximum absolute atomic E-state index is 5.27. The lowest BCUT2D eigenvalue weighted by molar-refractivity contribution is 0.110. The zero-order chi connectivity index (χ0) is 14.4. The van der Waals surface area contributed by atoms with Crippen LogP contribution in [0.3, 0.4) is 0 Å². The van der Waals surface area contributed by atoms with Gasteiger partial charge in [-0.25, -0.2) is 0 Å². The summed E-state index contributed by atoms with van der Waals surface area (Å²) in [6, 6.07) is 7.52. The topological polar surface area (TPSA) is 24.5 Å². The van der Waals surface area contributed by atoms with E-state index in [0.717, 1.165) is 32.7 Å². The zero-order valence-corrected chi connectivity index (χ0v) is 13.1. The second-order valence-electron chi connectivity index (χ2n) is 5.60. The first-order valence-corrected chi connectivity index (χ1v) is 7.87. The van der Waals surface area contributed by atoms with E-state index in [-0.39, 0.29) is 0 Å². The molecular weight excluding hydrogens is 248 g/mol. The summed E-state index contributed by atoms with van der Waals surface area (Å²) in [4.78, 5) is 2.56. The van der Waals surface area contributed by atoms with Crippen LogP contribution in [0.1, 0.15) is 37.8 Å². The van der Waals surface area contributed by atoms with Gasteiger partial charge in [0, 0.05) is 38.5 Å². The third-order valence-corrected chi connectivity index (χ3v) is 4.31. The maximum atomic E-state index is 5.27. The molecule has 0 fully saturated rings. The van der Waals surface area contributed by atoms with Gasteiger partial charge in [0.1, 0.15) is 0 Å². The van der Waals surface area contributed by atoms with Crippen LogP contribution in [-0.2, 0) is 17.7 Å². The van der Waals surface area contributed by atoms with Gasteiger partial charge in [0.05, 0.1) is 6.61 Å². The van der Waals surface area contributed by atoms with E-state index in [1.165, 1.54) is 29.7 Å². The first-order chi connectivity index (χ1) is 9.78. The lowest BCUT2D eigenvalue weighted by atomic mass is 10.1. The number of nitrogens with one attached hydrogen (secondary N) is 1. The lowest BCUT2D eigenvalue weighted by Gasteiger charge is -2.30. The Bertz CT molecular complexity index is 415. The van der Waals surface area contributed by atoms with E-state index in [1.54, 1.807) is 7.11 Å². The van der Waals surface area contributed by atoms with Crippen molar-refractivity contribution in [3.8, 4) is 0 Å². The van der Waals surface area contributed by atoms with Gasteiger partial charge in [-0.1, -0.05) is 26.0 Å². The molecule has 3 heteroatoms. The Morgan fingerprint density at radius 2 is 2.10 bits per heavy atom. The molecule has 20 heavy (non-hydrogen) atoms. The first kappa shape index (κ1) is 15.3. The molecule has 1 N–H and O–H groups in total. The summed E-state index contributed by atoms with van der Waals surface area (Å²) in [5.74, 6) is 0. The minimum atomic E-state index is 0.650. The third-order valence-electron chi connectivity index (χ3n) is 4.31. The molecule has 2 rings (SSSR count). The lowest BCUT2D eigenvalue weighted by Crippen LogP contribution is -2.36. The van der Waals surface area contributed by atoms with Gasteiger partial charge in [-0.05, 0) is 36.5 Å². The Morgan fingerprint density at radius 1 is 1.30 bits per heavy atom. The molecule has 0 aliphatic carbocycles. The molecule has 0 saturated carbocycles. The van der Waals surface area contributed by atoms with E-state index in [4.69, 9.17) is 4.74 Å². The van der Waals surface area contributed by atoms with Crippen LogP contribution >= 0.6 is 0 Å². The molecule has 1 aliphatic rings. The van der Waals surface area contributed by atoms with E-state index in [0.29, 0.717) is 6.04 Å². The molecular formula is C17H28N2O. The maximum Gasteiger partial charge on any atom is 0.0589 e. The van der Waals surface area contributed by atoms with Gasteiger partial charge in [0.25, 0.3) is 0 Å². The molecule has 0 atom stereocenters. The van der Waals surface area contributed by atoms with Crippen molar-refractivity contribution in [2.75, 3.05) is 32.1 Å². The summed E-state index contributed by atoms with van der Waals surface area (Å²) < 4.78 is 5.27. The monoisotopic (exact) mass is 276 g/mol. The number of ether oxygens (including phenoxy) is 1. The first-order valence-electron chi connectivity index (χ1n) is 7.87. The largest absolute Gasteiger partial charge is 0.384 e. The Balaban J connectivity index is 2.06. The van der Waals surface area contributed by atoms with E-state index in [2.05, 4.69) is 42.3 Å². The predicted molar refractivity (Wildman–Crippen MR) is 85.3 cm³/mol. The van der Waals surface area contributed by atoms with E-state index >= 15 is 0 Å². The normalized spacial score (nSPS) is 13.8. The van der Waals surface area contributed by atoms with Crippen LogP contribution in [0, 0.1) is 0 Å².